The molecule has 1 aliphatic carbocycles. The minimum absolute atomic E-state index is 0.183. The first-order valence-corrected chi connectivity index (χ1v) is 8.01. The Kier molecular flexibility index (Phi) is 6.97. The van der Waals surface area contributed by atoms with Crippen molar-refractivity contribution in [2.24, 2.45) is 5.41 Å². The average molecular weight is 280 g/mol. The van der Waals surface area contributed by atoms with Crippen molar-refractivity contribution in [3.05, 3.63) is 22.8 Å². The van der Waals surface area contributed by atoms with Crippen molar-refractivity contribution in [3.8, 4) is 0 Å². The highest BCUT2D eigenvalue weighted by Crippen LogP contribution is 2.42. The Hall–Kier alpha value is -0.600. The highest BCUT2D eigenvalue weighted by atomic mass is 16.7. The van der Waals surface area contributed by atoms with Gasteiger partial charge in [0.15, 0.2) is 6.29 Å². The van der Waals surface area contributed by atoms with Crippen LogP contribution in [0.1, 0.15) is 67.2 Å². The molecule has 0 atom stereocenters. The Labute approximate surface area is 125 Å². The first-order valence-electron chi connectivity index (χ1n) is 8.01. The molecule has 116 valence electrons. The summed E-state index contributed by atoms with van der Waals surface area (Å²) < 4.78 is 11.3. The van der Waals surface area contributed by atoms with E-state index in [0.717, 1.165) is 6.42 Å². The highest BCUT2D eigenvalue weighted by molar-refractivity contribution is 5.25. The Bertz CT molecular complexity index is 358. The van der Waals surface area contributed by atoms with Gasteiger partial charge in [-0.15, -0.1) is 0 Å². The molecule has 0 fully saturated rings. The van der Waals surface area contributed by atoms with Crippen molar-refractivity contribution in [1.29, 1.82) is 0 Å². The van der Waals surface area contributed by atoms with Gasteiger partial charge in [0.2, 0.25) is 0 Å². The molecule has 1 aliphatic rings. The summed E-state index contributed by atoms with van der Waals surface area (Å²) in [5.74, 6) is 0. The lowest BCUT2D eigenvalue weighted by molar-refractivity contribution is -0.111. The Morgan fingerprint density at radius 3 is 2.35 bits per heavy atom. The molecule has 0 aromatic rings. The fourth-order valence-corrected chi connectivity index (χ4v) is 3.10. The molecule has 0 aromatic heterocycles. The van der Waals surface area contributed by atoms with Gasteiger partial charge in [0.1, 0.15) is 0 Å². The average Bonchev–Trinajstić information content (AvgIpc) is 2.37. The maximum absolute atomic E-state index is 5.66. The molecule has 1 rings (SSSR count). The van der Waals surface area contributed by atoms with Crippen LogP contribution in [0, 0.1) is 5.41 Å². The number of hydrogen-bond donors (Lipinski definition) is 0. The second kappa shape index (κ2) is 7.99. The van der Waals surface area contributed by atoms with Gasteiger partial charge >= 0.3 is 0 Å². The Morgan fingerprint density at radius 2 is 1.85 bits per heavy atom. The Balaban J connectivity index is 2.78. The second-order valence-electron chi connectivity index (χ2n) is 6.39. The zero-order valence-electron chi connectivity index (χ0n) is 14.2. The van der Waals surface area contributed by atoms with E-state index in [-0.39, 0.29) is 6.29 Å². The molecule has 0 bridgehead atoms. The molecule has 0 saturated heterocycles. The molecular formula is C18H32O2. The summed E-state index contributed by atoms with van der Waals surface area (Å²) >= 11 is 0. The van der Waals surface area contributed by atoms with E-state index >= 15 is 0 Å². The summed E-state index contributed by atoms with van der Waals surface area (Å²) in [6.45, 7) is 14.5. The van der Waals surface area contributed by atoms with Gasteiger partial charge in [-0.1, -0.05) is 31.1 Å². The summed E-state index contributed by atoms with van der Waals surface area (Å²) in [7, 11) is 0. The van der Waals surface area contributed by atoms with Crippen LogP contribution in [0.25, 0.3) is 0 Å². The van der Waals surface area contributed by atoms with Gasteiger partial charge in [0.05, 0.1) is 0 Å². The van der Waals surface area contributed by atoms with Gasteiger partial charge < -0.3 is 9.47 Å². The van der Waals surface area contributed by atoms with Crippen LogP contribution in [0.15, 0.2) is 22.8 Å². The normalized spacial score (nSPS) is 19.9. The molecule has 0 saturated carbocycles. The molecule has 20 heavy (non-hydrogen) atoms. The van der Waals surface area contributed by atoms with Crippen LogP contribution in [-0.4, -0.2) is 19.5 Å². The van der Waals surface area contributed by atoms with Crippen LogP contribution in [-0.2, 0) is 9.47 Å². The van der Waals surface area contributed by atoms with Crippen molar-refractivity contribution in [2.45, 2.75) is 73.5 Å². The topological polar surface area (TPSA) is 18.5 Å². The predicted octanol–water partition coefficient (Wildman–Crippen LogP) is 5.25. The minimum Gasteiger partial charge on any atom is -0.349 e. The third kappa shape index (κ3) is 4.75. The van der Waals surface area contributed by atoms with Crippen molar-refractivity contribution >= 4 is 0 Å². The molecule has 0 N–H and O–H groups in total. The van der Waals surface area contributed by atoms with Gasteiger partial charge in [-0.25, -0.2) is 0 Å². The molecule has 0 aromatic carbocycles. The number of rotatable bonds is 7. The van der Waals surface area contributed by atoms with Gasteiger partial charge in [-0.05, 0) is 64.4 Å². The summed E-state index contributed by atoms with van der Waals surface area (Å²) in [5, 5.41) is 0. The van der Waals surface area contributed by atoms with E-state index in [4.69, 9.17) is 9.47 Å². The molecule has 0 amide bonds. The van der Waals surface area contributed by atoms with E-state index in [1.165, 1.54) is 24.8 Å². The zero-order chi connectivity index (χ0) is 15.2. The van der Waals surface area contributed by atoms with Gasteiger partial charge in [-0.2, -0.15) is 0 Å². The third-order valence-electron chi connectivity index (χ3n) is 4.32. The standard InChI is InChI=1S/C18H32O2/c1-7-19-17(20-8-2)15(4)11-12-16-14(3)10-9-13-18(16,5)6/h11,17H,7-10,12-13H2,1-6H3/b15-11+. The number of ether oxygens (including phenoxy) is 2. The van der Waals surface area contributed by atoms with E-state index < -0.39 is 0 Å². The van der Waals surface area contributed by atoms with Gasteiger partial charge in [-0.3, -0.25) is 0 Å². The summed E-state index contributed by atoms with van der Waals surface area (Å²) in [6.07, 6.45) is 7.02. The fourth-order valence-electron chi connectivity index (χ4n) is 3.10. The summed E-state index contributed by atoms with van der Waals surface area (Å²) in [4.78, 5) is 0. The molecule has 0 heterocycles. The smallest absolute Gasteiger partial charge is 0.179 e. The maximum atomic E-state index is 5.66. The highest BCUT2D eigenvalue weighted by Gasteiger charge is 2.27. The molecule has 2 heteroatoms. The molecule has 0 unspecified atom stereocenters. The largest absolute Gasteiger partial charge is 0.349 e. The van der Waals surface area contributed by atoms with Gasteiger partial charge in [0.25, 0.3) is 0 Å². The molecule has 0 radical (unpaired) electrons. The maximum Gasteiger partial charge on any atom is 0.179 e. The first kappa shape index (κ1) is 17.5. The van der Waals surface area contributed by atoms with E-state index in [2.05, 4.69) is 33.8 Å². The lowest BCUT2D eigenvalue weighted by Crippen LogP contribution is -2.21. The third-order valence-corrected chi connectivity index (χ3v) is 4.32. The Morgan fingerprint density at radius 1 is 1.25 bits per heavy atom. The van der Waals surface area contributed by atoms with Crippen LogP contribution in [0.3, 0.4) is 0 Å². The summed E-state index contributed by atoms with van der Waals surface area (Å²) in [5.41, 5.74) is 4.71. The quantitative estimate of drug-likeness (QED) is 0.468. The zero-order valence-corrected chi connectivity index (χ0v) is 14.2. The van der Waals surface area contributed by atoms with Crippen molar-refractivity contribution in [1.82, 2.24) is 0 Å². The molecule has 0 spiro atoms. The van der Waals surface area contributed by atoms with Crippen molar-refractivity contribution < 1.29 is 9.47 Å². The van der Waals surface area contributed by atoms with Crippen LogP contribution >= 0.6 is 0 Å². The van der Waals surface area contributed by atoms with Crippen LogP contribution in [0.5, 0.6) is 0 Å². The van der Waals surface area contributed by atoms with Gasteiger partial charge in [0, 0.05) is 13.2 Å². The molecule has 2 nitrogen and oxygen atoms in total. The van der Waals surface area contributed by atoms with E-state index in [0.29, 0.717) is 18.6 Å². The molecular weight excluding hydrogens is 248 g/mol. The first-order chi connectivity index (χ1) is 9.42. The summed E-state index contributed by atoms with van der Waals surface area (Å²) in [6, 6.07) is 0. The van der Waals surface area contributed by atoms with E-state index in [1.54, 1.807) is 11.1 Å². The van der Waals surface area contributed by atoms with E-state index in [9.17, 15) is 0 Å². The number of hydrogen-bond acceptors (Lipinski definition) is 2. The van der Waals surface area contributed by atoms with Crippen LogP contribution < -0.4 is 0 Å². The monoisotopic (exact) mass is 280 g/mol. The molecule has 0 aliphatic heterocycles. The number of allylic oxidation sites excluding steroid dienone is 3. The fraction of sp³-hybridized carbons (Fsp3) is 0.778. The van der Waals surface area contributed by atoms with Crippen LogP contribution in [0.2, 0.25) is 0 Å². The van der Waals surface area contributed by atoms with Crippen molar-refractivity contribution in [2.75, 3.05) is 13.2 Å². The lowest BCUT2D eigenvalue weighted by atomic mass is 9.71. The van der Waals surface area contributed by atoms with Crippen molar-refractivity contribution in [3.63, 3.8) is 0 Å². The predicted molar refractivity (Wildman–Crippen MR) is 85.7 cm³/mol. The lowest BCUT2D eigenvalue weighted by Gasteiger charge is -2.34. The minimum atomic E-state index is -0.183. The second-order valence-corrected chi connectivity index (χ2v) is 6.39. The SMILES string of the molecule is CCOC(OCC)/C(C)=C/CC1=C(C)CCCC1(C)C. The van der Waals surface area contributed by atoms with E-state index in [1.807, 2.05) is 13.8 Å². The van der Waals surface area contributed by atoms with Crippen LogP contribution in [0.4, 0.5) is 0 Å².